The van der Waals surface area contributed by atoms with Gasteiger partial charge in [-0.25, -0.2) is 0 Å². The van der Waals surface area contributed by atoms with Crippen LogP contribution < -0.4 is 9.47 Å². The lowest BCUT2D eigenvalue weighted by atomic mass is 10.1. The molecular formula is C16H14N2O5. The highest BCUT2D eigenvalue weighted by atomic mass is 16.7. The van der Waals surface area contributed by atoms with Gasteiger partial charge in [-0.05, 0) is 30.2 Å². The van der Waals surface area contributed by atoms with Gasteiger partial charge in [0.1, 0.15) is 5.75 Å². The fourth-order valence-corrected chi connectivity index (χ4v) is 2.23. The number of hydrogen-bond donors (Lipinski definition) is 1. The molecule has 0 unspecified atom stereocenters. The van der Waals surface area contributed by atoms with Crippen LogP contribution in [0.3, 0.4) is 0 Å². The highest BCUT2D eigenvalue weighted by molar-refractivity contribution is 5.87. The number of phenols is 1. The first kappa shape index (κ1) is 14.8. The van der Waals surface area contributed by atoms with E-state index in [0.29, 0.717) is 30.0 Å². The van der Waals surface area contributed by atoms with Crippen LogP contribution in [-0.2, 0) is 6.42 Å². The second-order valence-electron chi connectivity index (χ2n) is 4.97. The molecule has 3 rings (SSSR count). The normalized spacial score (nSPS) is 12.7. The van der Waals surface area contributed by atoms with Gasteiger partial charge in [-0.3, -0.25) is 15.1 Å². The number of aliphatic imine (C=N–C) groups is 1. The highest BCUT2D eigenvalue weighted by Gasteiger charge is 2.22. The van der Waals surface area contributed by atoms with Crippen molar-refractivity contribution in [1.29, 1.82) is 0 Å². The number of nitro groups is 1. The Bertz CT molecular complexity index is 756. The van der Waals surface area contributed by atoms with Gasteiger partial charge in [0.05, 0.1) is 16.6 Å². The summed E-state index contributed by atoms with van der Waals surface area (Å²) in [5.41, 5.74) is 1.34. The van der Waals surface area contributed by atoms with Crippen molar-refractivity contribution in [1.82, 2.24) is 0 Å². The molecule has 1 aliphatic heterocycles. The summed E-state index contributed by atoms with van der Waals surface area (Å²) < 4.78 is 10.4. The molecule has 118 valence electrons. The fourth-order valence-electron chi connectivity index (χ4n) is 2.23. The van der Waals surface area contributed by atoms with Crippen LogP contribution in [0.2, 0.25) is 0 Å². The molecule has 0 atom stereocenters. The van der Waals surface area contributed by atoms with E-state index in [-0.39, 0.29) is 18.2 Å². The van der Waals surface area contributed by atoms with E-state index in [0.717, 1.165) is 5.56 Å². The lowest BCUT2D eigenvalue weighted by molar-refractivity contribution is -0.385. The average Bonchev–Trinajstić information content (AvgIpc) is 2.99. The van der Waals surface area contributed by atoms with E-state index < -0.39 is 4.92 Å². The van der Waals surface area contributed by atoms with Crippen molar-refractivity contribution in [3.8, 4) is 17.2 Å². The molecule has 0 fully saturated rings. The van der Waals surface area contributed by atoms with Gasteiger partial charge in [0.2, 0.25) is 6.79 Å². The number of fused-ring (bicyclic) bond motifs is 1. The quantitative estimate of drug-likeness (QED) is 0.520. The third-order valence-corrected chi connectivity index (χ3v) is 3.41. The minimum atomic E-state index is -0.469. The molecule has 1 N–H and O–H groups in total. The molecule has 0 radical (unpaired) electrons. The Morgan fingerprint density at radius 3 is 2.61 bits per heavy atom. The molecule has 0 bridgehead atoms. The van der Waals surface area contributed by atoms with E-state index in [2.05, 4.69) is 4.99 Å². The molecule has 7 nitrogen and oxygen atoms in total. The summed E-state index contributed by atoms with van der Waals surface area (Å²) >= 11 is 0. The molecule has 0 aromatic heterocycles. The smallest absolute Gasteiger partial charge is 0.282 e. The monoisotopic (exact) mass is 314 g/mol. The van der Waals surface area contributed by atoms with E-state index >= 15 is 0 Å². The molecule has 1 aliphatic rings. The number of rotatable bonds is 5. The van der Waals surface area contributed by atoms with Gasteiger partial charge in [0.15, 0.2) is 11.5 Å². The van der Waals surface area contributed by atoms with Gasteiger partial charge < -0.3 is 14.6 Å². The van der Waals surface area contributed by atoms with E-state index in [1.54, 1.807) is 18.2 Å². The number of ether oxygens (including phenoxy) is 2. The number of nitrogens with zero attached hydrogens (tertiary/aromatic N) is 2. The summed E-state index contributed by atoms with van der Waals surface area (Å²) in [5.74, 6) is 1.07. The van der Waals surface area contributed by atoms with Crippen molar-refractivity contribution < 1.29 is 19.5 Å². The Morgan fingerprint density at radius 1 is 1.22 bits per heavy atom. The van der Waals surface area contributed by atoms with Crippen LogP contribution in [0.1, 0.15) is 11.1 Å². The van der Waals surface area contributed by atoms with Gasteiger partial charge in [-0.2, -0.15) is 0 Å². The van der Waals surface area contributed by atoms with Gasteiger partial charge in [-0.15, -0.1) is 0 Å². The van der Waals surface area contributed by atoms with Crippen molar-refractivity contribution in [2.75, 3.05) is 13.3 Å². The highest BCUT2D eigenvalue weighted by Crippen LogP contribution is 2.37. The van der Waals surface area contributed by atoms with Crippen LogP contribution in [-0.4, -0.2) is 29.6 Å². The zero-order valence-corrected chi connectivity index (χ0v) is 12.1. The van der Waals surface area contributed by atoms with E-state index in [9.17, 15) is 15.2 Å². The van der Waals surface area contributed by atoms with Gasteiger partial charge in [0, 0.05) is 12.8 Å². The summed E-state index contributed by atoms with van der Waals surface area (Å²) in [6, 6.07) is 9.76. The van der Waals surface area contributed by atoms with Gasteiger partial charge in [-0.1, -0.05) is 12.1 Å². The third kappa shape index (κ3) is 3.39. The number of aromatic hydroxyl groups is 1. The van der Waals surface area contributed by atoms with Crippen LogP contribution in [0.25, 0.3) is 0 Å². The Morgan fingerprint density at radius 2 is 1.91 bits per heavy atom. The predicted molar refractivity (Wildman–Crippen MR) is 83.5 cm³/mol. The molecule has 0 spiro atoms. The van der Waals surface area contributed by atoms with Crippen LogP contribution in [0.5, 0.6) is 17.2 Å². The molecule has 0 aliphatic carbocycles. The number of nitro benzene ring substituents is 1. The van der Waals surface area contributed by atoms with Crippen molar-refractivity contribution in [2.24, 2.45) is 4.99 Å². The van der Waals surface area contributed by atoms with Crippen LogP contribution in [0.15, 0.2) is 41.4 Å². The molecule has 0 saturated heterocycles. The molecule has 0 amide bonds. The van der Waals surface area contributed by atoms with Crippen molar-refractivity contribution in [3.05, 3.63) is 57.6 Å². The standard InChI is InChI=1S/C16H14N2O5/c19-13-3-1-11(2-4-13)5-6-17-9-12-7-15-16(23-10-22-15)8-14(12)18(20)21/h1-4,7-9,19H,5-6,10H2. The van der Waals surface area contributed by atoms with Crippen LogP contribution in [0, 0.1) is 10.1 Å². The zero-order valence-electron chi connectivity index (χ0n) is 12.1. The van der Waals surface area contributed by atoms with Crippen LogP contribution in [0.4, 0.5) is 5.69 Å². The molecule has 2 aromatic rings. The number of hydrogen-bond acceptors (Lipinski definition) is 6. The van der Waals surface area contributed by atoms with Crippen molar-refractivity contribution in [2.45, 2.75) is 6.42 Å². The second kappa shape index (κ2) is 6.35. The molecule has 7 heteroatoms. The van der Waals surface area contributed by atoms with E-state index in [4.69, 9.17) is 9.47 Å². The zero-order chi connectivity index (χ0) is 16.2. The summed E-state index contributed by atoms with van der Waals surface area (Å²) in [5, 5.41) is 20.4. The maximum atomic E-state index is 11.1. The topological polar surface area (TPSA) is 94.2 Å². The summed E-state index contributed by atoms with van der Waals surface area (Å²) in [4.78, 5) is 14.9. The molecular weight excluding hydrogens is 300 g/mol. The molecule has 1 heterocycles. The Kier molecular flexibility index (Phi) is 4.09. The lowest BCUT2D eigenvalue weighted by Crippen LogP contribution is -1.96. The summed E-state index contributed by atoms with van der Waals surface area (Å²) in [7, 11) is 0. The SMILES string of the molecule is O=[N+]([O-])c1cc2c(cc1C=NCCc1ccc(O)cc1)OCO2. The first-order valence-corrected chi connectivity index (χ1v) is 6.99. The van der Waals surface area contributed by atoms with Gasteiger partial charge >= 0.3 is 0 Å². The maximum absolute atomic E-state index is 11.1. The lowest BCUT2D eigenvalue weighted by Gasteiger charge is -2.01. The number of phenolic OH excluding ortho intramolecular Hbond substituents is 1. The minimum absolute atomic E-state index is 0.0634. The Labute approximate surface area is 132 Å². The summed E-state index contributed by atoms with van der Waals surface area (Å²) in [6.07, 6.45) is 2.15. The predicted octanol–water partition coefficient (Wildman–Crippen LogP) is 2.69. The Balaban J connectivity index is 1.71. The maximum Gasteiger partial charge on any atom is 0.282 e. The fraction of sp³-hybridized carbons (Fsp3) is 0.188. The third-order valence-electron chi connectivity index (χ3n) is 3.41. The number of benzene rings is 2. The first-order chi connectivity index (χ1) is 11.1. The minimum Gasteiger partial charge on any atom is -0.508 e. The van der Waals surface area contributed by atoms with Crippen molar-refractivity contribution >= 4 is 11.9 Å². The van der Waals surface area contributed by atoms with Crippen LogP contribution >= 0.6 is 0 Å². The Hall–Kier alpha value is -3.09. The second-order valence-corrected chi connectivity index (χ2v) is 4.97. The van der Waals surface area contributed by atoms with E-state index in [1.807, 2.05) is 12.1 Å². The molecule has 23 heavy (non-hydrogen) atoms. The molecule has 0 saturated carbocycles. The van der Waals surface area contributed by atoms with E-state index in [1.165, 1.54) is 12.3 Å². The van der Waals surface area contributed by atoms with Gasteiger partial charge in [0.25, 0.3) is 5.69 Å². The summed E-state index contributed by atoms with van der Waals surface area (Å²) in [6.45, 7) is 0.546. The average molecular weight is 314 g/mol. The first-order valence-electron chi connectivity index (χ1n) is 6.99. The van der Waals surface area contributed by atoms with Crippen molar-refractivity contribution in [3.63, 3.8) is 0 Å². The molecule has 2 aromatic carbocycles. The largest absolute Gasteiger partial charge is 0.508 e.